The average molecular weight is 470 g/mol. The first-order chi connectivity index (χ1) is 15.8. The van der Waals surface area contributed by atoms with E-state index in [2.05, 4.69) is 26.1 Å². The fourth-order valence-electron chi connectivity index (χ4n) is 3.29. The molecule has 0 fully saturated rings. The molecular formula is C26H25F3N2O3. The van der Waals surface area contributed by atoms with Crippen molar-refractivity contribution >= 4 is 23.4 Å². The van der Waals surface area contributed by atoms with Crippen LogP contribution in [0.5, 0.6) is 0 Å². The lowest BCUT2D eigenvalue weighted by atomic mass is 9.87. The Kier molecular flexibility index (Phi) is 7.00. The largest absolute Gasteiger partial charge is 0.478 e. The normalized spacial score (nSPS) is 11.7. The Hall–Kier alpha value is -3.81. The summed E-state index contributed by atoms with van der Waals surface area (Å²) in [6.45, 7) is 6.34. The molecule has 0 bridgehead atoms. The molecule has 2 N–H and O–H groups in total. The number of urea groups is 1. The highest BCUT2D eigenvalue weighted by atomic mass is 19.4. The maximum absolute atomic E-state index is 13.2. The quantitative estimate of drug-likeness (QED) is 0.424. The van der Waals surface area contributed by atoms with Crippen LogP contribution in [0.4, 0.5) is 29.3 Å². The van der Waals surface area contributed by atoms with Gasteiger partial charge >= 0.3 is 18.2 Å². The molecule has 34 heavy (non-hydrogen) atoms. The van der Waals surface area contributed by atoms with Gasteiger partial charge in [-0.1, -0.05) is 45.0 Å². The Balaban J connectivity index is 1.88. The average Bonchev–Trinajstić information content (AvgIpc) is 2.77. The van der Waals surface area contributed by atoms with Crippen molar-refractivity contribution in [2.24, 2.45) is 0 Å². The molecule has 0 heterocycles. The smallest absolute Gasteiger partial charge is 0.416 e. The maximum Gasteiger partial charge on any atom is 0.416 e. The zero-order valence-corrected chi connectivity index (χ0v) is 19.0. The highest BCUT2D eigenvalue weighted by molar-refractivity contribution is 6.01. The second-order valence-corrected chi connectivity index (χ2v) is 8.89. The summed E-state index contributed by atoms with van der Waals surface area (Å²) in [4.78, 5) is 25.7. The number of amides is 2. The fourth-order valence-corrected chi connectivity index (χ4v) is 3.29. The van der Waals surface area contributed by atoms with E-state index in [0.717, 1.165) is 17.7 Å². The molecule has 3 aromatic rings. The zero-order valence-electron chi connectivity index (χ0n) is 19.0. The Bertz CT molecular complexity index is 1150. The number of anilines is 2. The first-order valence-electron chi connectivity index (χ1n) is 10.5. The van der Waals surface area contributed by atoms with E-state index in [0.29, 0.717) is 11.3 Å². The number of benzene rings is 3. The molecule has 0 spiro atoms. The molecule has 0 radical (unpaired) electrons. The highest BCUT2D eigenvalue weighted by Gasteiger charge is 2.30. The topological polar surface area (TPSA) is 69.6 Å². The molecule has 0 atom stereocenters. The number of hydrogen-bond acceptors (Lipinski definition) is 2. The molecule has 0 aromatic heterocycles. The summed E-state index contributed by atoms with van der Waals surface area (Å²) in [5.74, 6) is -1.05. The third kappa shape index (κ3) is 6.15. The summed E-state index contributed by atoms with van der Waals surface area (Å²) in [5, 5.41) is 11.7. The predicted molar refractivity (Wildman–Crippen MR) is 125 cm³/mol. The van der Waals surface area contributed by atoms with Gasteiger partial charge in [0.2, 0.25) is 0 Å². The molecule has 5 nitrogen and oxygen atoms in total. The number of carbonyl (C=O) groups is 2. The summed E-state index contributed by atoms with van der Waals surface area (Å²) in [7, 11) is 0. The van der Waals surface area contributed by atoms with Crippen LogP contribution in [0.2, 0.25) is 0 Å². The van der Waals surface area contributed by atoms with E-state index in [1.807, 2.05) is 12.1 Å². The van der Waals surface area contributed by atoms with Crippen molar-refractivity contribution in [1.29, 1.82) is 0 Å². The van der Waals surface area contributed by atoms with E-state index < -0.39 is 23.7 Å². The van der Waals surface area contributed by atoms with Crippen LogP contribution in [0.25, 0.3) is 0 Å². The molecule has 3 aromatic carbocycles. The fraction of sp³-hybridized carbons (Fsp3) is 0.231. The minimum absolute atomic E-state index is 0.0848. The predicted octanol–water partition coefficient (Wildman–Crippen LogP) is 6.94. The molecule has 0 aliphatic rings. The van der Waals surface area contributed by atoms with Crippen molar-refractivity contribution in [2.75, 3.05) is 10.2 Å². The van der Waals surface area contributed by atoms with Gasteiger partial charge in [0.05, 0.1) is 17.7 Å². The number of rotatable bonds is 5. The summed E-state index contributed by atoms with van der Waals surface area (Å²) >= 11 is 0. The second kappa shape index (κ2) is 9.59. The second-order valence-electron chi connectivity index (χ2n) is 8.89. The van der Waals surface area contributed by atoms with Gasteiger partial charge in [0.15, 0.2) is 0 Å². The number of hydrogen-bond donors (Lipinski definition) is 2. The van der Waals surface area contributed by atoms with Crippen molar-refractivity contribution in [3.05, 3.63) is 95.1 Å². The number of nitrogens with zero attached hydrogens (tertiary/aromatic N) is 1. The van der Waals surface area contributed by atoms with Gasteiger partial charge in [0.1, 0.15) is 0 Å². The number of nitrogens with one attached hydrogen (secondary N) is 1. The number of carboxylic acid groups (broad SMARTS) is 1. The van der Waals surface area contributed by atoms with Gasteiger partial charge in [-0.25, -0.2) is 9.59 Å². The Morgan fingerprint density at radius 1 is 0.824 bits per heavy atom. The molecular weight excluding hydrogens is 445 g/mol. The van der Waals surface area contributed by atoms with Gasteiger partial charge in [-0.3, -0.25) is 4.90 Å². The van der Waals surface area contributed by atoms with E-state index in [4.69, 9.17) is 5.11 Å². The lowest BCUT2D eigenvalue weighted by Crippen LogP contribution is -2.34. The first kappa shape index (κ1) is 24.8. The van der Waals surface area contributed by atoms with E-state index in [9.17, 15) is 22.8 Å². The molecule has 0 saturated heterocycles. The van der Waals surface area contributed by atoms with Gasteiger partial charge in [-0.2, -0.15) is 13.2 Å². The summed E-state index contributed by atoms with van der Waals surface area (Å²) in [6, 6.07) is 17.2. The van der Waals surface area contributed by atoms with Gasteiger partial charge < -0.3 is 10.4 Å². The molecule has 0 unspecified atom stereocenters. The molecule has 8 heteroatoms. The molecule has 0 aliphatic heterocycles. The minimum Gasteiger partial charge on any atom is -0.478 e. The molecule has 178 valence electrons. The van der Waals surface area contributed by atoms with Crippen LogP contribution < -0.4 is 10.2 Å². The lowest BCUT2D eigenvalue weighted by Gasteiger charge is -2.25. The van der Waals surface area contributed by atoms with Crippen LogP contribution in [-0.2, 0) is 18.1 Å². The van der Waals surface area contributed by atoms with E-state index in [-0.39, 0.29) is 23.2 Å². The van der Waals surface area contributed by atoms with Crippen LogP contribution in [-0.4, -0.2) is 17.1 Å². The van der Waals surface area contributed by atoms with Gasteiger partial charge in [0, 0.05) is 11.4 Å². The Labute approximate surface area is 195 Å². The molecule has 2 amide bonds. The number of aromatic carboxylic acids is 1. The number of alkyl halides is 3. The van der Waals surface area contributed by atoms with Crippen LogP contribution in [0, 0.1) is 0 Å². The number of carbonyl (C=O) groups excluding carboxylic acids is 1. The van der Waals surface area contributed by atoms with Crippen LogP contribution in [0.3, 0.4) is 0 Å². The maximum atomic E-state index is 13.2. The Morgan fingerprint density at radius 3 is 1.82 bits per heavy atom. The van der Waals surface area contributed by atoms with Crippen LogP contribution >= 0.6 is 0 Å². The third-order valence-electron chi connectivity index (χ3n) is 5.30. The number of carboxylic acids is 1. The van der Waals surface area contributed by atoms with Gasteiger partial charge in [-0.05, 0) is 65.1 Å². The minimum atomic E-state index is -4.47. The molecule has 0 aliphatic carbocycles. The molecule has 3 rings (SSSR count). The van der Waals surface area contributed by atoms with Crippen molar-refractivity contribution in [1.82, 2.24) is 0 Å². The molecule has 0 saturated carbocycles. The lowest BCUT2D eigenvalue weighted by molar-refractivity contribution is -0.137. The van der Waals surface area contributed by atoms with Crippen LogP contribution in [0.15, 0.2) is 72.8 Å². The first-order valence-corrected chi connectivity index (χ1v) is 10.5. The van der Waals surface area contributed by atoms with Gasteiger partial charge in [0.25, 0.3) is 0 Å². The van der Waals surface area contributed by atoms with Gasteiger partial charge in [-0.15, -0.1) is 0 Å². The third-order valence-corrected chi connectivity index (χ3v) is 5.30. The number of halogens is 3. The van der Waals surface area contributed by atoms with Crippen molar-refractivity contribution < 1.29 is 27.9 Å². The standard InChI is InChI=1S/C26H25F3N2O3/c1-25(2,3)19-10-14-22(15-11-19)31(16-17-4-6-18(7-5-17)23(32)33)24(34)30-21-12-8-20(9-13-21)26(27,28)29/h4-15H,16H2,1-3H3,(H,30,34)(H,32,33). The zero-order chi connectivity index (χ0) is 25.1. The SMILES string of the molecule is CC(C)(C)c1ccc(N(Cc2ccc(C(=O)O)cc2)C(=O)Nc2ccc(C(F)(F)F)cc2)cc1. The van der Waals surface area contributed by atoms with E-state index >= 15 is 0 Å². The van der Waals surface area contributed by atoms with Crippen molar-refractivity contribution in [3.63, 3.8) is 0 Å². The van der Waals surface area contributed by atoms with Crippen molar-refractivity contribution in [2.45, 2.75) is 38.9 Å². The highest BCUT2D eigenvalue weighted by Crippen LogP contribution is 2.30. The van der Waals surface area contributed by atoms with E-state index in [1.165, 1.54) is 29.2 Å². The summed E-state index contributed by atoms with van der Waals surface area (Å²) in [6.07, 6.45) is -4.47. The summed E-state index contributed by atoms with van der Waals surface area (Å²) < 4.78 is 38.5. The van der Waals surface area contributed by atoms with E-state index in [1.54, 1.807) is 24.3 Å². The van der Waals surface area contributed by atoms with Crippen molar-refractivity contribution in [3.8, 4) is 0 Å². The summed E-state index contributed by atoms with van der Waals surface area (Å²) in [5.41, 5.74) is 1.80. The van der Waals surface area contributed by atoms with Crippen LogP contribution in [0.1, 0.15) is 47.8 Å². The monoisotopic (exact) mass is 470 g/mol. The Morgan fingerprint density at radius 2 is 1.35 bits per heavy atom.